The molecule has 0 aromatic heterocycles. The largest absolute Gasteiger partial charge is 0.399 e. The molecule has 0 fully saturated rings. The fourth-order valence-corrected chi connectivity index (χ4v) is 2.28. The van der Waals surface area contributed by atoms with Gasteiger partial charge in [0, 0.05) is 23.2 Å². The number of aryl methyl sites for hydroxylation is 1. The van der Waals surface area contributed by atoms with Crippen LogP contribution in [0.4, 0.5) is 10.1 Å². The molecule has 4 heteroatoms. The number of anilines is 1. The Kier molecular flexibility index (Phi) is 4.50. The van der Waals surface area contributed by atoms with Gasteiger partial charge in [0.2, 0.25) is 0 Å². The van der Waals surface area contributed by atoms with E-state index in [1.807, 2.05) is 26.8 Å². The average molecular weight is 300 g/mol. The van der Waals surface area contributed by atoms with Crippen LogP contribution in [0.5, 0.6) is 0 Å². The zero-order valence-corrected chi connectivity index (χ0v) is 13.1. The van der Waals surface area contributed by atoms with Gasteiger partial charge in [0.25, 0.3) is 5.91 Å². The normalized spacial score (nSPS) is 11.3. The average Bonchev–Trinajstić information content (AvgIpc) is 2.48. The molecular formula is C18H21FN2O. The molecule has 2 aromatic carbocycles. The lowest BCUT2D eigenvalue weighted by Gasteiger charge is -2.26. The van der Waals surface area contributed by atoms with Crippen molar-refractivity contribution in [3.8, 4) is 0 Å². The third kappa shape index (κ3) is 3.64. The van der Waals surface area contributed by atoms with Gasteiger partial charge in [-0.2, -0.15) is 0 Å². The van der Waals surface area contributed by atoms with Crippen molar-refractivity contribution in [3.63, 3.8) is 0 Å². The number of halogens is 1. The van der Waals surface area contributed by atoms with Crippen LogP contribution in [-0.2, 0) is 5.41 Å². The quantitative estimate of drug-likeness (QED) is 0.850. The Morgan fingerprint density at radius 3 is 2.45 bits per heavy atom. The summed E-state index contributed by atoms with van der Waals surface area (Å²) in [6, 6.07) is 11.6. The molecule has 3 nitrogen and oxygen atoms in total. The van der Waals surface area contributed by atoms with Gasteiger partial charge in [-0.3, -0.25) is 4.79 Å². The Morgan fingerprint density at radius 1 is 1.18 bits per heavy atom. The van der Waals surface area contributed by atoms with Crippen LogP contribution in [0.15, 0.2) is 42.5 Å². The molecule has 2 rings (SSSR count). The Morgan fingerprint density at radius 2 is 1.82 bits per heavy atom. The Bertz CT molecular complexity index is 678. The molecule has 0 atom stereocenters. The first-order valence-electron chi connectivity index (χ1n) is 7.20. The van der Waals surface area contributed by atoms with Crippen molar-refractivity contribution in [1.29, 1.82) is 0 Å². The topological polar surface area (TPSA) is 55.1 Å². The molecule has 0 bridgehead atoms. The summed E-state index contributed by atoms with van der Waals surface area (Å²) in [6.07, 6.45) is 0. The number of amides is 1. The number of carbonyl (C=O) groups is 1. The van der Waals surface area contributed by atoms with E-state index in [2.05, 4.69) is 5.32 Å². The SMILES string of the molecule is Cc1ccc(N)cc1C(=O)NCC(C)(C)c1ccc(F)cc1. The summed E-state index contributed by atoms with van der Waals surface area (Å²) in [6.45, 7) is 6.34. The fraction of sp³-hybridized carbons (Fsp3) is 0.278. The molecule has 0 saturated carbocycles. The smallest absolute Gasteiger partial charge is 0.251 e. The molecule has 0 aliphatic rings. The Labute approximate surface area is 130 Å². The van der Waals surface area contributed by atoms with E-state index in [-0.39, 0.29) is 17.1 Å². The lowest BCUT2D eigenvalue weighted by molar-refractivity contribution is 0.0945. The van der Waals surface area contributed by atoms with Crippen LogP contribution in [0, 0.1) is 12.7 Å². The van der Waals surface area contributed by atoms with Gasteiger partial charge in [0.05, 0.1) is 0 Å². The van der Waals surface area contributed by atoms with Gasteiger partial charge < -0.3 is 11.1 Å². The number of hydrogen-bond donors (Lipinski definition) is 2. The van der Waals surface area contributed by atoms with Crippen LogP contribution in [0.25, 0.3) is 0 Å². The van der Waals surface area contributed by atoms with Crippen LogP contribution in [0.1, 0.15) is 35.3 Å². The van der Waals surface area contributed by atoms with Crippen LogP contribution in [0.2, 0.25) is 0 Å². The second kappa shape index (κ2) is 6.18. The molecule has 0 saturated heterocycles. The van der Waals surface area contributed by atoms with E-state index in [1.165, 1.54) is 12.1 Å². The van der Waals surface area contributed by atoms with E-state index >= 15 is 0 Å². The number of rotatable bonds is 4. The molecule has 0 radical (unpaired) electrons. The molecule has 0 heterocycles. The van der Waals surface area contributed by atoms with Crippen molar-refractivity contribution in [2.45, 2.75) is 26.2 Å². The van der Waals surface area contributed by atoms with Gasteiger partial charge in [0.15, 0.2) is 0 Å². The lowest BCUT2D eigenvalue weighted by Crippen LogP contribution is -2.37. The third-order valence-corrected chi connectivity index (χ3v) is 3.82. The van der Waals surface area contributed by atoms with Gasteiger partial charge >= 0.3 is 0 Å². The highest BCUT2D eigenvalue weighted by Crippen LogP contribution is 2.23. The minimum absolute atomic E-state index is 0.153. The molecule has 1 amide bonds. The maximum absolute atomic E-state index is 13.0. The van der Waals surface area contributed by atoms with E-state index < -0.39 is 0 Å². The van der Waals surface area contributed by atoms with Gasteiger partial charge in [-0.15, -0.1) is 0 Å². The molecule has 0 unspecified atom stereocenters. The highest BCUT2D eigenvalue weighted by Gasteiger charge is 2.22. The minimum atomic E-state index is -0.294. The predicted octanol–water partition coefficient (Wildman–Crippen LogP) is 3.42. The van der Waals surface area contributed by atoms with E-state index in [4.69, 9.17) is 5.73 Å². The second-order valence-electron chi connectivity index (χ2n) is 6.15. The number of nitrogen functional groups attached to an aromatic ring is 1. The van der Waals surface area contributed by atoms with Crippen molar-refractivity contribution < 1.29 is 9.18 Å². The number of carbonyl (C=O) groups excluding carboxylic acids is 1. The molecule has 2 aromatic rings. The van der Waals surface area contributed by atoms with Gasteiger partial charge in [-0.1, -0.05) is 32.0 Å². The summed E-state index contributed by atoms with van der Waals surface area (Å²) in [5, 5.41) is 2.93. The van der Waals surface area contributed by atoms with Crippen molar-refractivity contribution >= 4 is 11.6 Å². The molecule has 3 N–H and O–H groups in total. The van der Waals surface area contributed by atoms with Crippen molar-refractivity contribution in [2.75, 3.05) is 12.3 Å². The van der Waals surface area contributed by atoms with Crippen LogP contribution < -0.4 is 11.1 Å². The standard InChI is InChI=1S/C18H21FN2O/c1-12-4-9-15(20)10-16(12)17(22)21-11-18(2,3)13-5-7-14(19)8-6-13/h4-10H,11,20H2,1-3H3,(H,21,22). The molecule has 0 spiro atoms. The van der Waals surface area contributed by atoms with Crippen molar-refractivity contribution in [3.05, 3.63) is 65.0 Å². The molecule has 116 valence electrons. The van der Waals surface area contributed by atoms with Crippen LogP contribution in [0.3, 0.4) is 0 Å². The first-order chi connectivity index (χ1) is 10.3. The highest BCUT2D eigenvalue weighted by atomic mass is 19.1. The fourth-order valence-electron chi connectivity index (χ4n) is 2.28. The van der Waals surface area contributed by atoms with Crippen molar-refractivity contribution in [2.24, 2.45) is 0 Å². The van der Waals surface area contributed by atoms with Gasteiger partial charge in [-0.25, -0.2) is 4.39 Å². The molecule has 22 heavy (non-hydrogen) atoms. The summed E-state index contributed by atoms with van der Waals surface area (Å²) in [4.78, 5) is 12.3. The van der Waals surface area contributed by atoms with E-state index in [9.17, 15) is 9.18 Å². The van der Waals surface area contributed by atoms with Gasteiger partial charge in [0.1, 0.15) is 5.82 Å². The predicted molar refractivity (Wildman–Crippen MR) is 87.4 cm³/mol. The molecule has 0 aliphatic heterocycles. The molecule has 0 aliphatic carbocycles. The number of benzene rings is 2. The summed E-state index contributed by atoms with van der Waals surface area (Å²) >= 11 is 0. The first kappa shape index (κ1) is 16.0. The summed E-state index contributed by atoms with van der Waals surface area (Å²) in [5.41, 5.74) is 8.44. The summed E-state index contributed by atoms with van der Waals surface area (Å²) < 4.78 is 13.0. The van der Waals surface area contributed by atoms with Crippen molar-refractivity contribution in [1.82, 2.24) is 5.32 Å². The third-order valence-electron chi connectivity index (χ3n) is 3.82. The van der Waals surface area contributed by atoms with Crippen LogP contribution in [-0.4, -0.2) is 12.5 Å². The van der Waals surface area contributed by atoms with E-state index in [0.29, 0.717) is 17.8 Å². The first-order valence-corrected chi connectivity index (χ1v) is 7.20. The van der Waals surface area contributed by atoms with E-state index in [0.717, 1.165) is 11.1 Å². The number of hydrogen-bond acceptors (Lipinski definition) is 2. The maximum Gasteiger partial charge on any atom is 0.251 e. The molecular weight excluding hydrogens is 279 g/mol. The summed E-state index contributed by atoms with van der Waals surface area (Å²) in [5.74, 6) is -0.418. The Balaban J connectivity index is 2.09. The number of nitrogens with two attached hydrogens (primary N) is 1. The van der Waals surface area contributed by atoms with Crippen LogP contribution >= 0.6 is 0 Å². The minimum Gasteiger partial charge on any atom is -0.399 e. The van der Waals surface area contributed by atoms with E-state index in [1.54, 1.807) is 24.3 Å². The number of nitrogens with one attached hydrogen (secondary N) is 1. The Hall–Kier alpha value is -2.36. The zero-order chi connectivity index (χ0) is 16.3. The highest BCUT2D eigenvalue weighted by molar-refractivity contribution is 5.96. The summed E-state index contributed by atoms with van der Waals surface area (Å²) in [7, 11) is 0. The second-order valence-corrected chi connectivity index (χ2v) is 6.15. The monoisotopic (exact) mass is 300 g/mol. The zero-order valence-electron chi connectivity index (χ0n) is 13.1. The maximum atomic E-state index is 13.0. The van der Waals surface area contributed by atoms with Gasteiger partial charge in [-0.05, 0) is 42.3 Å². The lowest BCUT2D eigenvalue weighted by atomic mass is 9.84.